The summed E-state index contributed by atoms with van der Waals surface area (Å²) >= 11 is 0. The monoisotopic (exact) mass is 231 g/mol. The molecule has 0 atom stereocenters. The highest BCUT2D eigenvalue weighted by Crippen LogP contribution is 2.33. The minimum Gasteiger partial charge on any atom is -0.316 e. The molecule has 0 unspecified atom stereocenters. The molecular weight excluding hydrogens is 206 g/mol. The Balaban J connectivity index is 2.03. The zero-order valence-corrected chi connectivity index (χ0v) is 11.4. The molecule has 1 nitrogen and oxygen atoms in total. The molecular formula is C16H25N. The van der Waals surface area contributed by atoms with E-state index in [0.29, 0.717) is 11.3 Å². The molecule has 0 aliphatic carbocycles. The summed E-state index contributed by atoms with van der Waals surface area (Å²) in [5.41, 5.74) is 3.50. The zero-order chi connectivity index (χ0) is 12.3. The summed E-state index contributed by atoms with van der Waals surface area (Å²) in [6, 6.07) is 9.24. The van der Waals surface area contributed by atoms with Crippen LogP contribution >= 0.6 is 0 Å². The second-order valence-corrected chi connectivity index (χ2v) is 5.93. The maximum Gasteiger partial charge on any atom is 0.00234 e. The molecule has 94 valence electrons. The Morgan fingerprint density at radius 2 is 1.82 bits per heavy atom. The van der Waals surface area contributed by atoms with Crippen LogP contribution in [-0.2, 0) is 6.42 Å². The fourth-order valence-electron chi connectivity index (χ4n) is 2.85. The van der Waals surface area contributed by atoms with Crippen molar-refractivity contribution < 1.29 is 0 Å². The van der Waals surface area contributed by atoms with Crippen molar-refractivity contribution in [1.29, 1.82) is 0 Å². The maximum atomic E-state index is 3.44. The fraction of sp³-hybridized carbons (Fsp3) is 0.625. The summed E-state index contributed by atoms with van der Waals surface area (Å²) in [6.07, 6.45) is 3.89. The molecule has 1 aromatic carbocycles. The molecule has 0 amide bonds. The minimum absolute atomic E-state index is 0.550. The standard InChI is InChI=1S/C16H25N/c1-4-9-16(11-17-12-16)10-14-5-7-15(8-6-14)13(2)3/h5-8,13,17H,4,9-12H2,1-3H3. The van der Waals surface area contributed by atoms with Gasteiger partial charge in [-0.15, -0.1) is 0 Å². The SMILES string of the molecule is CCCC1(Cc2ccc(C(C)C)cc2)CNC1. The van der Waals surface area contributed by atoms with Crippen molar-refractivity contribution in [1.82, 2.24) is 5.32 Å². The van der Waals surface area contributed by atoms with Gasteiger partial charge in [-0.2, -0.15) is 0 Å². The average Bonchev–Trinajstić information content (AvgIpc) is 2.27. The minimum atomic E-state index is 0.550. The van der Waals surface area contributed by atoms with Crippen LogP contribution in [0, 0.1) is 5.41 Å². The van der Waals surface area contributed by atoms with Crippen LogP contribution in [0.2, 0.25) is 0 Å². The first kappa shape index (κ1) is 12.6. The van der Waals surface area contributed by atoms with Crippen LogP contribution in [-0.4, -0.2) is 13.1 Å². The van der Waals surface area contributed by atoms with Crippen LogP contribution in [0.1, 0.15) is 50.7 Å². The van der Waals surface area contributed by atoms with E-state index in [2.05, 4.69) is 50.4 Å². The van der Waals surface area contributed by atoms with Crippen molar-refractivity contribution in [3.8, 4) is 0 Å². The molecule has 1 heterocycles. The molecule has 0 spiro atoms. The molecule has 1 aromatic rings. The highest BCUT2D eigenvalue weighted by Gasteiger charge is 2.35. The van der Waals surface area contributed by atoms with E-state index in [4.69, 9.17) is 0 Å². The number of benzene rings is 1. The van der Waals surface area contributed by atoms with Crippen LogP contribution in [0.3, 0.4) is 0 Å². The number of hydrogen-bond donors (Lipinski definition) is 1. The molecule has 17 heavy (non-hydrogen) atoms. The van der Waals surface area contributed by atoms with Crippen LogP contribution in [0.4, 0.5) is 0 Å². The van der Waals surface area contributed by atoms with Crippen LogP contribution in [0.15, 0.2) is 24.3 Å². The molecule has 1 aliphatic heterocycles. The highest BCUT2D eigenvalue weighted by molar-refractivity contribution is 5.26. The van der Waals surface area contributed by atoms with Gasteiger partial charge in [-0.1, -0.05) is 51.5 Å². The van der Waals surface area contributed by atoms with Crippen molar-refractivity contribution in [2.45, 2.75) is 46.0 Å². The van der Waals surface area contributed by atoms with E-state index in [-0.39, 0.29) is 0 Å². The fourth-order valence-corrected chi connectivity index (χ4v) is 2.85. The summed E-state index contributed by atoms with van der Waals surface area (Å²) in [6.45, 7) is 9.20. The van der Waals surface area contributed by atoms with E-state index in [1.807, 2.05) is 0 Å². The third-order valence-electron chi connectivity index (χ3n) is 4.01. The van der Waals surface area contributed by atoms with Gasteiger partial charge in [-0.05, 0) is 35.3 Å². The molecule has 1 fully saturated rings. The molecule has 0 saturated carbocycles. The van der Waals surface area contributed by atoms with Gasteiger partial charge in [0.1, 0.15) is 0 Å². The second-order valence-electron chi connectivity index (χ2n) is 5.93. The largest absolute Gasteiger partial charge is 0.316 e. The van der Waals surface area contributed by atoms with Gasteiger partial charge in [0.05, 0.1) is 0 Å². The molecule has 1 saturated heterocycles. The summed E-state index contributed by atoms with van der Waals surface area (Å²) in [5, 5.41) is 3.44. The molecule has 2 rings (SSSR count). The Morgan fingerprint density at radius 3 is 2.24 bits per heavy atom. The van der Waals surface area contributed by atoms with Crippen molar-refractivity contribution in [2.75, 3.05) is 13.1 Å². The normalized spacial score (nSPS) is 18.1. The van der Waals surface area contributed by atoms with Gasteiger partial charge in [-0.25, -0.2) is 0 Å². The predicted molar refractivity (Wildman–Crippen MR) is 74.4 cm³/mol. The number of rotatable bonds is 5. The maximum absolute atomic E-state index is 3.44. The van der Waals surface area contributed by atoms with Crippen molar-refractivity contribution >= 4 is 0 Å². The van der Waals surface area contributed by atoms with E-state index in [1.165, 1.54) is 43.5 Å². The van der Waals surface area contributed by atoms with Crippen molar-refractivity contribution in [3.63, 3.8) is 0 Å². The summed E-state index contributed by atoms with van der Waals surface area (Å²) in [4.78, 5) is 0. The molecule has 0 radical (unpaired) electrons. The number of nitrogens with one attached hydrogen (secondary N) is 1. The molecule has 0 aromatic heterocycles. The number of hydrogen-bond acceptors (Lipinski definition) is 1. The van der Waals surface area contributed by atoms with E-state index >= 15 is 0 Å². The average molecular weight is 231 g/mol. The Kier molecular flexibility index (Phi) is 3.88. The smallest absolute Gasteiger partial charge is 0.00234 e. The van der Waals surface area contributed by atoms with Gasteiger partial charge in [0, 0.05) is 13.1 Å². The van der Waals surface area contributed by atoms with Gasteiger partial charge in [0.25, 0.3) is 0 Å². The van der Waals surface area contributed by atoms with E-state index in [1.54, 1.807) is 0 Å². The lowest BCUT2D eigenvalue weighted by Crippen LogP contribution is -2.54. The van der Waals surface area contributed by atoms with Crippen molar-refractivity contribution in [3.05, 3.63) is 35.4 Å². The first-order valence-corrected chi connectivity index (χ1v) is 6.95. The van der Waals surface area contributed by atoms with Gasteiger partial charge >= 0.3 is 0 Å². The molecule has 1 aliphatic rings. The van der Waals surface area contributed by atoms with Crippen LogP contribution in [0.5, 0.6) is 0 Å². The quantitative estimate of drug-likeness (QED) is 0.814. The van der Waals surface area contributed by atoms with E-state index in [0.717, 1.165) is 0 Å². The Hall–Kier alpha value is -0.820. The third kappa shape index (κ3) is 2.90. The summed E-state index contributed by atoms with van der Waals surface area (Å²) in [5.74, 6) is 0.638. The van der Waals surface area contributed by atoms with Gasteiger partial charge in [0.15, 0.2) is 0 Å². The topological polar surface area (TPSA) is 12.0 Å². The predicted octanol–water partition coefficient (Wildman–Crippen LogP) is 3.74. The van der Waals surface area contributed by atoms with Crippen LogP contribution in [0.25, 0.3) is 0 Å². The molecule has 1 heteroatoms. The lowest BCUT2D eigenvalue weighted by atomic mass is 9.73. The lowest BCUT2D eigenvalue weighted by molar-refractivity contribution is 0.151. The van der Waals surface area contributed by atoms with Gasteiger partial charge in [0.2, 0.25) is 0 Å². The summed E-state index contributed by atoms with van der Waals surface area (Å²) in [7, 11) is 0. The van der Waals surface area contributed by atoms with Gasteiger partial charge in [-0.3, -0.25) is 0 Å². The Morgan fingerprint density at radius 1 is 1.18 bits per heavy atom. The first-order valence-electron chi connectivity index (χ1n) is 6.95. The first-order chi connectivity index (χ1) is 8.15. The van der Waals surface area contributed by atoms with E-state index < -0.39 is 0 Å². The van der Waals surface area contributed by atoms with E-state index in [9.17, 15) is 0 Å². The lowest BCUT2D eigenvalue weighted by Gasteiger charge is -2.43. The highest BCUT2D eigenvalue weighted by atomic mass is 15.0. The zero-order valence-electron chi connectivity index (χ0n) is 11.4. The van der Waals surface area contributed by atoms with Crippen LogP contribution < -0.4 is 5.32 Å². The van der Waals surface area contributed by atoms with Crippen molar-refractivity contribution in [2.24, 2.45) is 5.41 Å². The Labute approximate surface area is 106 Å². The Bertz CT molecular complexity index is 346. The van der Waals surface area contributed by atoms with Gasteiger partial charge < -0.3 is 5.32 Å². The summed E-state index contributed by atoms with van der Waals surface area (Å²) < 4.78 is 0. The molecule has 0 bridgehead atoms. The second kappa shape index (κ2) is 5.22. The third-order valence-corrected chi connectivity index (χ3v) is 4.01. The molecule has 1 N–H and O–H groups in total.